The maximum absolute atomic E-state index is 11.9. The molecule has 2 heterocycles. The molecule has 2 aromatic rings. The average molecular weight is 275 g/mol. The molecular formula is C14H17N3OS. The second kappa shape index (κ2) is 5.57. The summed E-state index contributed by atoms with van der Waals surface area (Å²) in [5, 5.41) is 4.15. The van der Waals surface area contributed by atoms with Gasteiger partial charge in [-0.25, -0.2) is 4.98 Å². The van der Waals surface area contributed by atoms with E-state index >= 15 is 0 Å². The predicted octanol–water partition coefficient (Wildman–Crippen LogP) is 2.72. The quantitative estimate of drug-likeness (QED) is 0.933. The first-order chi connectivity index (χ1) is 9.33. The fraction of sp³-hybridized carbons (Fsp3) is 0.429. The van der Waals surface area contributed by atoms with Gasteiger partial charge in [-0.15, -0.1) is 0 Å². The topological polar surface area (TPSA) is 45.2 Å². The Morgan fingerprint density at radius 1 is 1.32 bits per heavy atom. The number of carbonyl (C=O) groups is 1. The monoisotopic (exact) mass is 275 g/mol. The Morgan fingerprint density at radius 2 is 2.11 bits per heavy atom. The maximum Gasteiger partial charge on any atom is 0.224 e. The standard InChI is InChI=1S/C14H17N3OS/c18-13(17-9-3-4-10-17)7-8-15-14-16-11-5-1-2-6-12(11)19-14/h1-2,5-6H,3-4,7-10H2,(H,15,16). The largest absolute Gasteiger partial charge is 0.361 e. The van der Waals surface area contributed by atoms with E-state index in [2.05, 4.69) is 16.4 Å². The van der Waals surface area contributed by atoms with Crippen molar-refractivity contribution in [3.05, 3.63) is 24.3 Å². The third-order valence-corrected chi connectivity index (χ3v) is 4.36. The van der Waals surface area contributed by atoms with Crippen molar-refractivity contribution in [2.45, 2.75) is 19.3 Å². The first-order valence-corrected chi connectivity index (χ1v) is 7.52. The van der Waals surface area contributed by atoms with Crippen molar-refractivity contribution in [3.63, 3.8) is 0 Å². The zero-order valence-electron chi connectivity index (χ0n) is 10.8. The fourth-order valence-electron chi connectivity index (χ4n) is 2.35. The Balaban J connectivity index is 1.53. The second-order valence-electron chi connectivity index (χ2n) is 4.75. The molecule has 1 fully saturated rings. The predicted molar refractivity (Wildman–Crippen MR) is 78.5 cm³/mol. The van der Waals surface area contributed by atoms with E-state index in [1.807, 2.05) is 23.1 Å². The van der Waals surface area contributed by atoms with Crippen molar-refractivity contribution >= 4 is 32.6 Å². The highest BCUT2D eigenvalue weighted by Gasteiger charge is 2.17. The van der Waals surface area contributed by atoms with Crippen LogP contribution in [0.15, 0.2) is 24.3 Å². The Bertz CT molecular complexity index is 542. The number of benzene rings is 1. The number of rotatable bonds is 4. The van der Waals surface area contributed by atoms with Gasteiger partial charge < -0.3 is 10.2 Å². The molecule has 1 aromatic carbocycles. The summed E-state index contributed by atoms with van der Waals surface area (Å²) in [5.41, 5.74) is 1.01. The zero-order chi connectivity index (χ0) is 13.1. The van der Waals surface area contributed by atoms with E-state index in [-0.39, 0.29) is 5.91 Å². The van der Waals surface area contributed by atoms with Gasteiger partial charge in [0.05, 0.1) is 10.2 Å². The van der Waals surface area contributed by atoms with Gasteiger partial charge in [0.25, 0.3) is 0 Å². The lowest BCUT2D eigenvalue weighted by atomic mass is 10.3. The lowest BCUT2D eigenvalue weighted by molar-refractivity contribution is -0.129. The number of fused-ring (bicyclic) bond motifs is 1. The molecule has 0 radical (unpaired) electrons. The minimum absolute atomic E-state index is 0.256. The van der Waals surface area contributed by atoms with E-state index in [9.17, 15) is 4.79 Å². The second-order valence-corrected chi connectivity index (χ2v) is 5.78. The molecule has 0 bridgehead atoms. The van der Waals surface area contributed by atoms with E-state index in [0.29, 0.717) is 13.0 Å². The molecule has 0 spiro atoms. The third kappa shape index (κ3) is 2.87. The van der Waals surface area contributed by atoms with Gasteiger partial charge in [-0.3, -0.25) is 4.79 Å². The normalized spacial score (nSPS) is 15.1. The SMILES string of the molecule is O=C(CCNc1nc2ccccc2s1)N1CCCC1. The molecule has 0 aliphatic carbocycles. The summed E-state index contributed by atoms with van der Waals surface area (Å²) in [6, 6.07) is 8.07. The highest BCUT2D eigenvalue weighted by atomic mass is 32.1. The highest BCUT2D eigenvalue weighted by molar-refractivity contribution is 7.22. The van der Waals surface area contributed by atoms with E-state index < -0.39 is 0 Å². The van der Waals surface area contributed by atoms with Crippen molar-refractivity contribution in [3.8, 4) is 0 Å². The molecule has 0 saturated carbocycles. The molecule has 100 valence electrons. The minimum Gasteiger partial charge on any atom is -0.361 e. The molecule has 1 amide bonds. The molecule has 1 saturated heterocycles. The number of thiazole rings is 1. The number of anilines is 1. The van der Waals surface area contributed by atoms with Crippen LogP contribution in [0.2, 0.25) is 0 Å². The number of hydrogen-bond donors (Lipinski definition) is 1. The molecule has 1 aliphatic heterocycles. The number of para-hydroxylation sites is 1. The van der Waals surface area contributed by atoms with E-state index in [4.69, 9.17) is 0 Å². The molecular weight excluding hydrogens is 258 g/mol. The van der Waals surface area contributed by atoms with Crippen LogP contribution in [-0.2, 0) is 4.79 Å². The Hall–Kier alpha value is -1.62. The van der Waals surface area contributed by atoms with Crippen LogP contribution in [-0.4, -0.2) is 35.4 Å². The molecule has 4 nitrogen and oxygen atoms in total. The first kappa shape index (κ1) is 12.4. The number of aromatic nitrogens is 1. The summed E-state index contributed by atoms with van der Waals surface area (Å²) in [6.45, 7) is 2.52. The van der Waals surface area contributed by atoms with Crippen LogP contribution in [0.3, 0.4) is 0 Å². The van der Waals surface area contributed by atoms with E-state index in [1.54, 1.807) is 11.3 Å². The van der Waals surface area contributed by atoms with Gasteiger partial charge in [-0.05, 0) is 25.0 Å². The summed E-state index contributed by atoms with van der Waals surface area (Å²) < 4.78 is 1.18. The van der Waals surface area contributed by atoms with Crippen LogP contribution in [0.4, 0.5) is 5.13 Å². The average Bonchev–Trinajstić information content (AvgIpc) is 3.07. The van der Waals surface area contributed by atoms with Crippen LogP contribution in [0.25, 0.3) is 10.2 Å². The summed E-state index contributed by atoms with van der Waals surface area (Å²) in [6.07, 6.45) is 2.85. The number of nitrogens with zero attached hydrogens (tertiary/aromatic N) is 2. The number of carbonyl (C=O) groups excluding carboxylic acids is 1. The van der Waals surface area contributed by atoms with Gasteiger partial charge >= 0.3 is 0 Å². The Morgan fingerprint density at radius 3 is 2.89 bits per heavy atom. The van der Waals surface area contributed by atoms with Crippen LogP contribution in [0, 0.1) is 0 Å². The van der Waals surface area contributed by atoms with Crippen LogP contribution >= 0.6 is 11.3 Å². The summed E-state index contributed by atoms with van der Waals surface area (Å²) in [4.78, 5) is 18.3. The van der Waals surface area contributed by atoms with Gasteiger partial charge in [0.1, 0.15) is 0 Å². The minimum atomic E-state index is 0.256. The van der Waals surface area contributed by atoms with Crippen molar-refractivity contribution < 1.29 is 4.79 Å². The number of likely N-dealkylation sites (tertiary alicyclic amines) is 1. The first-order valence-electron chi connectivity index (χ1n) is 6.70. The van der Waals surface area contributed by atoms with Gasteiger partial charge in [-0.1, -0.05) is 23.5 Å². The maximum atomic E-state index is 11.9. The lowest BCUT2D eigenvalue weighted by Crippen LogP contribution is -2.29. The fourth-order valence-corrected chi connectivity index (χ4v) is 3.24. The number of hydrogen-bond acceptors (Lipinski definition) is 4. The smallest absolute Gasteiger partial charge is 0.224 e. The molecule has 5 heteroatoms. The van der Waals surface area contributed by atoms with Crippen LogP contribution in [0.1, 0.15) is 19.3 Å². The van der Waals surface area contributed by atoms with Crippen LogP contribution in [0.5, 0.6) is 0 Å². The van der Waals surface area contributed by atoms with Crippen molar-refractivity contribution in [1.82, 2.24) is 9.88 Å². The number of amides is 1. The highest BCUT2D eigenvalue weighted by Crippen LogP contribution is 2.25. The molecule has 1 aromatic heterocycles. The van der Waals surface area contributed by atoms with Crippen molar-refractivity contribution in [2.75, 3.05) is 25.0 Å². The Kier molecular flexibility index (Phi) is 3.64. The summed E-state index contributed by atoms with van der Waals surface area (Å²) in [5.74, 6) is 0.256. The van der Waals surface area contributed by atoms with Crippen molar-refractivity contribution in [1.29, 1.82) is 0 Å². The van der Waals surface area contributed by atoms with Crippen molar-refractivity contribution in [2.24, 2.45) is 0 Å². The molecule has 19 heavy (non-hydrogen) atoms. The van der Waals surface area contributed by atoms with Crippen LogP contribution < -0.4 is 5.32 Å². The third-order valence-electron chi connectivity index (χ3n) is 3.37. The molecule has 1 N–H and O–H groups in total. The molecule has 1 aliphatic rings. The summed E-state index contributed by atoms with van der Waals surface area (Å²) in [7, 11) is 0. The van der Waals surface area contributed by atoms with E-state index in [1.165, 1.54) is 4.70 Å². The zero-order valence-corrected chi connectivity index (χ0v) is 11.6. The van der Waals surface area contributed by atoms with E-state index in [0.717, 1.165) is 36.6 Å². The molecule has 0 atom stereocenters. The lowest BCUT2D eigenvalue weighted by Gasteiger charge is -2.14. The molecule has 0 unspecified atom stereocenters. The van der Waals surface area contributed by atoms with Gasteiger partial charge in [0.2, 0.25) is 5.91 Å². The summed E-state index contributed by atoms with van der Waals surface area (Å²) >= 11 is 1.63. The van der Waals surface area contributed by atoms with Gasteiger partial charge in [0, 0.05) is 26.1 Å². The Labute approximate surface area is 116 Å². The number of nitrogens with one attached hydrogen (secondary N) is 1. The van der Waals surface area contributed by atoms with Gasteiger partial charge in [0.15, 0.2) is 5.13 Å². The van der Waals surface area contributed by atoms with Gasteiger partial charge in [-0.2, -0.15) is 0 Å². The molecule has 3 rings (SSSR count).